The molecule has 4 aromatic carbocycles. The molecule has 31 heavy (non-hydrogen) atoms. The maximum absolute atomic E-state index is 11.2. The molecule has 0 spiro atoms. The standard InChI is InChI=1S/C14H12O3S.C10H7N3/c15-18(16,17)14-9-5-4-8-13(14)11-10-12-6-2-1-3-7-12;1-2-4-8-7(3-1)5-6-9-10(8)12-13-11-9/h1-11H,(H,15,16,17);1-6H,(H,11,12,13). The van der Waals surface area contributed by atoms with Crippen LogP contribution in [0.2, 0.25) is 0 Å². The molecule has 0 aliphatic heterocycles. The molecule has 0 atom stereocenters. The summed E-state index contributed by atoms with van der Waals surface area (Å²) in [5.41, 5.74) is 3.28. The maximum atomic E-state index is 11.2. The van der Waals surface area contributed by atoms with Crippen LogP contribution in [0.1, 0.15) is 11.1 Å². The van der Waals surface area contributed by atoms with Gasteiger partial charge in [-0.05, 0) is 28.6 Å². The van der Waals surface area contributed by atoms with E-state index in [4.69, 9.17) is 4.55 Å². The van der Waals surface area contributed by atoms with E-state index in [1.54, 1.807) is 30.4 Å². The topological polar surface area (TPSA) is 95.9 Å². The quantitative estimate of drug-likeness (QED) is 0.303. The monoisotopic (exact) mass is 429 g/mol. The van der Waals surface area contributed by atoms with Gasteiger partial charge in [-0.3, -0.25) is 4.55 Å². The van der Waals surface area contributed by atoms with E-state index in [1.165, 1.54) is 11.5 Å². The Labute approximate surface area is 179 Å². The smallest absolute Gasteiger partial charge is 0.282 e. The fourth-order valence-corrected chi connectivity index (χ4v) is 3.87. The van der Waals surface area contributed by atoms with Crippen LogP contribution in [0.4, 0.5) is 0 Å². The van der Waals surface area contributed by atoms with Crippen molar-refractivity contribution in [2.75, 3.05) is 0 Å². The summed E-state index contributed by atoms with van der Waals surface area (Å²) in [7, 11) is -4.19. The lowest BCUT2D eigenvalue weighted by molar-refractivity contribution is 0.483. The molecule has 0 saturated heterocycles. The van der Waals surface area contributed by atoms with Crippen LogP contribution < -0.4 is 0 Å². The second-order valence-electron chi connectivity index (χ2n) is 6.73. The zero-order valence-corrected chi connectivity index (χ0v) is 17.2. The summed E-state index contributed by atoms with van der Waals surface area (Å²) in [5, 5.41) is 13.1. The van der Waals surface area contributed by atoms with Crippen molar-refractivity contribution in [1.29, 1.82) is 0 Å². The Balaban J connectivity index is 0.000000156. The number of H-pyrrole nitrogens is 1. The molecule has 0 amide bonds. The average Bonchev–Trinajstić information content (AvgIpc) is 3.28. The van der Waals surface area contributed by atoms with Gasteiger partial charge in [0, 0.05) is 5.39 Å². The Morgan fingerprint density at radius 1 is 0.742 bits per heavy atom. The summed E-state index contributed by atoms with van der Waals surface area (Å²) in [6, 6.07) is 28.0. The third-order valence-electron chi connectivity index (χ3n) is 4.66. The lowest BCUT2D eigenvalue weighted by atomic mass is 10.1. The minimum absolute atomic E-state index is 0.0859. The number of aromatic nitrogens is 3. The molecule has 7 heteroatoms. The minimum Gasteiger partial charge on any atom is -0.282 e. The van der Waals surface area contributed by atoms with Crippen LogP contribution in [0.25, 0.3) is 34.0 Å². The fraction of sp³-hybridized carbons (Fsp3) is 0. The van der Waals surface area contributed by atoms with Crippen LogP contribution in [0.3, 0.4) is 0 Å². The van der Waals surface area contributed by atoms with E-state index in [0.717, 1.165) is 22.0 Å². The molecule has 6 nitrogen and oxygen atoms in total. The molecule has 0 unspecified atom stereocenters. The summed E-state index contributed by atoms with van der Waals surface area (Å²) in [6.07, 6.45) is 3.46. The van der Waals surface area contributed by atoms with Crippen molar-refractivity contribution in [2.24, 2.45) is 0 Å². The molecule has 0 aliphatic rings. The van der Waals surface area contributed by atoms with Gasteiger partial charge in [-0.15, -0.1) is 0 Å². The number of aromatic amines is 1. The molecule has 5 rings (SSSR count). The molecule has 5 aromatic rings. The Bertz CT molecular complexity index is 1460. The van der Waals surface area contributed by atoms with E-state index in [2.05, 4.69) is 33.6 Å². The van der Waals surface area contributed by atoms with E-state index in [1.807, 2.05) is 48.5 Å². The Kier molecular flexibility index (Phi) is 5.88. The summed E-state index contributed by atoms with van der Waals surface area (Å²) < 4.78 is 31.5. The van der Waals surface area contributed by atoms with Crippen LogP contribution in [-0.4, -0.2) is 28.4 Å². The number of rotatable bonds is 3. The normalized spacial score (nSPS) is 11.5. The van der Waals surface area contributed by atoms with Crippen LogP contribution >= 0.6 is 0 Å². The third-order valence-corrected chi connectivity index (χ3v) is 5.59. The molecule has 2 N–H and O–H groups in total. The van der Waals surface area contributed by atoms with Crippen LogP contribution in [-0.2, 0) is 10.1 Å². The second-order valence-corrected chi connectivity index (χ2v) is 8.12. The Morgan fingerprint density at radius 3 is 2.26 bits per heavy atom. The number of nitrogens with zero attached hydrogens (tertiary/aromatic N) is 2. The predicted octanol–water partition coefficient (Wildman–Crippen LogP) is 5.21. The molecular formula is C24H19N3O3S. The van der Waals surface area contributed by atoms with Gasteiger partial charge in [0.1, 0.15) is 15.9 Å². The summed E-state index contributed by atoms with van der Waals surface area (Å²) >= 11 is 0. The van der Waals surface area contributed by atoms with Gasteiger partial charge in [0.15, 0.2) is 0 Å². The SMILES string of the molecule is O=S(=O)(O)c1ccccc1C=Cc1ccccc1.c1ccc2c(c1)ccc1n[nH]nc12. The molecule has 0 fully saturated rings. The van der Waals surface area contributed by atoms with Gasteiger partial charge in [-0.2, -0.15) is 23.8 Å². The Hall–Kier alpha value is -3.81. The van der Waals surface area contributed by atoms with Gasteiger partial charge < -0.3 is 0 Å². The van der Waals surface area contributed by atoms with Gasteiger partial charge >= 0.3 is 0 Å². The van der Waals surface area contributed by atoms with Gasteiger partial charge in [-0.1, -0.05) is 91.0 Å². The van der Waals surface area contributed by atoms with Crippen LogP contribution in [0, 0.1) is 0 Å². The van der Waals surface area contributed by atoms with E-state index in [9.17, 15) is 8.42 Å². The summed E-state index contributed by atoms with van der Waals surface area (Å²) in [6.45, 7) is 0. The number of hydrogen-bond donors (Lipinski definition) is 2. The van der Waals surface area contributed by atoms with E-state index in [0.29, 0.717) is 5.56 Å². The maximum Gasteiger partial charge on any atom is 0.295 e. The third kappa shape index (κ3) is 4.85. The van der Waals surface area contributed by atoms with Crippen molar-refractivity contribution in [3.63, 3.8) is 0 Å². The molecule has 154 valence electrons. The van der Waals surface area contributed by atoms with Gasteiger partial charge in [0.2, 0.25) is 0 Å². The zero-order valence-electron chi connectivity index (χ0n) is 16.4. The number of hydrogen-bond acceptors (Lipinski definition) is 4. The molecule has 0 radical (unpaired) electrons. The highest BCUT2D eigenvalue weighted by Crippen LogP contribution is 2.21. The van der Waals surface area contributed by atoms with Crippen LogP contribution in [0.5, 0.6) is 0 Å². The van der Waals surface area contributed by atoms with Crippen molar-refractivity contribution in [2.45, 2.75) is 4.90 Å². The first-order chi connectivity index (χ1) is 15.0. The molecule has 0 saturated carbocycles. The van der Waals surface area contributed by atoms with Crippen LogP contribution in [0.15, 0.2) is 95.9 Å². The highest BCUT2D eigenvalue weighted by molar-refractivity contribution is 7.85. The molecular weight excluding hydrogens is 410 g/mol. The van der Waals surface area contributed by atoms with Crippen molar-refractivity contribution in [3.05, 3.63) is 102 Å². The van der Waals surface area contributed by atoms with Crippen molar-refractivity contribution in [3.8, 4) is 0 Å². The highest BCUT2D eigenvalue weighted by atomic mass is 32.2. The lowest BCUT2D eigenvalue weighted by Crippen LogP contribution is -2.00. The zero-order chi connectivity index (χ0) is 21.7. The van der Waals surface area contributed by atoms with Crippen molar-refractivity contribution >= 4 is 44.1 Å². The van der Waals surface area contributed by atoms with Gasteiger partial charge in [0.25, 0.3) is 10.1 Å². The number of fused-ring (bicyclic) bond motifs is 3. The minimum atomic E-state index is -4.19. The molecule has 0 aliphatic carbocycles. The van der Waals surface area contributed by atoms with E-state index < -0.39 is 10.1 Å². The second kappa shape index (κ2) is 8.91. The summed E-state index contributed by atoms with van der Waals surface area (Å²) in [4.78, 5) is -0.0859. The Morgan fingerprint density at radius 2 is 1.45 bits per heavy atom. The average molecular weight is 430 g/mol. The first-order valence-electron chi connectivity index (χ1n) is 9.50. The predicted molar refractivity (Wildman–Crippen MR) is 123 cm³/mol. The fourth-order valence-electron chi connectivity index (χ4n) is 3.18. The number of nitrogens with one attached hydrogen (secondary N) is 1. The highest BCUT2D eigenvalue weighted by Gasteiger charge is 2.12. The first kappa shape index (κ1) is 20.5. The molecule has 0 bridgehead atoms. The van der Waals surface area contributed by atoms with E-state index >= 15 is 0 Å². The first-order valence-corrected chi connectivity index (χ1v) is 10.9. The van der Waals surface area contributed by atoms with E-state index in [-0.39, 0.29) is 4.90 Å². The van der Waals surface area contributed by atoms with Gasteiger partial charge in [0.05, 0.1) is 0 Å². The summed E-state index contributed by atoms with van der Waals surface area (Å²) in [5.74, 6) is 0. The largest absolute Gasteiger partial charge is 0.295 e. The van der Waals surface area contributed by atoms with Crippen molar-refractivity contribution in [1.82, 2.24) is 15.4 Å². The van der Waals surface area contributed by atoms with Gasteiger partial charge in [-0.25, -0.2) is 0 Å². The van der Waals surface area contributed by atoms with Crippen molar-refractivity contribution < 1.29 is 13.0 Å². The lowest BCUT2D eigenvalue weighted by Gasteiger charge is -2.01. The number of benzene rings is 4. The molecule has 1 aromatic heterocycles. The molecule has 1 heterocycles.